The lowest BCUT2D eigenvalue weighted by molar-refractivity contribution is 0.657. The van der Waals surface area contributed by atoms with Crippen LogP contribution in [0.5, 0.6) is 0 Å². The fourth-order valence-electron chi connectivity index (χ4n) is 0.933. The maximum Gasteiger partial charge on any atom is 0.0823 e. The van der Waals surface area contributed by atoms with Crippen LogP contribution in [-0.2, 0) is 0 Å². The third kappa shape index (κ3) is 2.66. The first-order chi connectivity index (χ1) is 5.33. The highest BCUT2D eigenvalue weighted by Crippen LogP contribution is 2.03. The van der Waals surface area contributed by atoms with E-state index in [1.54, 1.807) is 6.21 Å². The van der Waals surface area contributed by atoms with Gasteiger partial charge in [0.15, 0.2) is 0 Å². The molecule has 0 N–H and O–H groups in total. The van der Waals surface area contributed by atoms with Crippen molar-refractivity contribution < 1.29 is 0 Å². The summed E-state index contributed by atoms with van der Waals surface area (Å²) in [5.74, 6) is 0. The van der Waals surface area contributed by atoms with Gasteiger partial charge in [0.1, 0.15) is 0 Å². The molecule has 1 unspecified atom stereocenters. The van der Waals surface area contributed by atoms with E-state index in [0.29, 0.717) is 6.04 Å². The molecule has 1 aliphatic rings. The molecule has 0 radical (unpaired) electrons. The van der Waals surface area contributed by atoms with Crippen molar-refractivity contribution in [1.29, 1.82) is 0 Å². The molecule has 2 nitrogen and oxygen atoms in total. The molecule has 0 saturated heterocycles. The summed E-state index contributed by atoms with van der Waals surface area (Å²) in [5.41, 5.74) is 0.993. The standard InChI is InChI=1S/C9H14N2/c1-3-4-8(2)11-7-9-5-6-10-9/h5-8H,3-4H2,1-2H3. The highest BCUT2D eigenvalue weighted by molar-refractivity contribution is 5.94. The summed E-state index contributed by atoms with van der Waals surface area (Å²) in [6.07, 6.45) is 7.95. The van der Waals surface area contributed by atoms with Crippen LogP contribution in [0.3, 0.4) is 0 Å². The SMILES string of the molecule is CCCC(C)N=CC1=CC=N1. The Kier molecular flexibility index (Phi) is 3.02. The van der Waals surface area contributed by atoms with E-state index in [1.165, 1.54) is 6.42 Å². The van der Waals surface area contributed by atoms with Gasteiger partial charge in [0.25, 0.3) is 0 Å². The topological polar surface area (TPSA) is 24.7 Å². The number of aliphatic imine (C=N–C) groups is 2. The fraction of sp³-hybridized carbons (Fsp3) is 0.556. The van der Waals surface area contributed by atoms with Crippen LogP contribution in [0.15, 0.2) is 21.8 Å². The van der Waals surface area contributed by atoms with Crippen molar-refractivity contribution in [2.24, 2.45) is 9.98 Å². The first kappa shape index (κ1) is 8.18. The smallest absolute Gasteiger partial charge is 0.0823 e. The molecule has 0 aromatic heterocycles. The lowest BCUT2D eigenvalue weighted by Gasteiger charge is -2.03. The Bertz CT molecular complexity index is 202. The largest absolute Gasteiger partial charge is 0.288 e. The molecule has 0 bridgehead atoms. The zero-order valence-electron chi connectivity index (χ0n) is 7.12. The molecule has 0 aromatic rings. The highest BCUT2D eigenvalue weighted by atomic mass is 14.8. The predicted octanol–water partition coefficient (Wildman–Crippen LogP) is 2.21. The molecule has 0 fully saturated rings. The molecule has 60 valence electrons. The summed E-state index contributed by atoms with van der Waals surface area (Å²) >= 11 is 0. The van der Waals surface area contributed by atoms with Crippen LogP contribution in [-0.4, -0.2) is 18.5 Å². The van der Waals surface area contributed by atoms with Gasteiger partial charge in [-0.15, -0.1) is 0 Å². The van der Waals surface area contributed by atoms with E-state index in [4.69, 9.17) is 0 Å². The summed E-state index contributed by atoms with van der Waals surface area (Å²) in [6, 6.07) is 0.441. The quantitative estimate of drug-likeness (QED) is 0.549. The van der Waals surface area contributed by atoms with E-state index in [0.717, 1.165) is 12.1 Å². The van der Waals surface area contributed by atoms with Crippen molar-refractivity contribution in [3.05, 3.63) is 11.8 Å². The first-order valence-electron chi connectivity index (χ1n) is 4.10. The molecule has 11 heavy (non-hydrogen) atoms. The average Bonchev–Trinajstić information content (AvgIpc) is 1.85. The Morgan fingerprint density at radius 3 is 2.91 bits per heavy atom. The van der Waals surface area contributed by atoms with Crippen molar-refractivity contribution in [2.45, 2.75) is 32.7 Å². The number of allylic oxidation sites excluding steroid dienone is 2. The molecule has 2 heteroatoms. The van der Waals surface area contributed by atoms with E-state index in [9.17, 15) is 0 Å². The van der Waals surface area contributed by atoms with Gasteiger partial charge < -0.3 is 0 Å². The number of rotatable bonds is 4. The average molecular weight is 150 g/mol. The van der Waals surface area contributed by atoms with Gasteiger partial charge in [-0.3, -0.25) is 9.98 Å². The molecule has 0 saturated carbocycles. The summed E-state index contributed by atoms with van der Waals surface area (Å²) < 4.78 is 0. The second kappa shape index (κ2) is 4.06. The minimum atomic E-state index is 0.441. The van der Waals surface area contributed by atoms with Crippen molar-refractivity contribution in [1.82, 2.24) is 0 Å². The maximum atomic E-state index is 4.33. The Balaban J connectivity index is 2.22. The minimum Gasteiger partial charge on any atom is -0.288 e. The molecule has 0 aliphatic carbocycles. The number of nitrogens with zero attached hydrogens (tertiary/aromatic N) is 2. The van der Waals surface area contributed by atoms with E-state index in [-0.39, 0.29) is 0 Å². The van der Waals surface area contributed by atoms with Crippen molar-refractivity contribution in [3.8, 4) is 0 Å². The summed E-state index contributed by atoms with van der Waals surface area (Å²) in [6.45, 7) is 4.30. The van der Waals surface area contributed by atoms with Crippen LogP contribution in [0.25, 0.3) is 0 Å². The Hall–Kier alpha value is -0.920. The highest BCUT2D eigenvalue weighted by Gasteiger charge is 1.97. The maximum absolute atomic E-state index is 4.33. The van der Waals surface area contributed by atoms with Gasteiger partial charge in [0.05, 0.1) is 5.70 Å². The van der Waals surface area contributed by atoms with Crippen LogP contribution in [0, 0.1) is 0 Å². The van der Waals surface area contributed by atoms with Crippen molar-refractivity contribution >= 4 is 12.4 Å². The summed E-state index contributed by atoms with van der Waals surface area (Å²) in [4.78, 5) is 8.32. The van der Waals surface area contributed by atoms with Crippen LogP contribution in [0.1, 0.15) is 26.7 Å². The molecule has 1 heterocycles. The van der Waals surface area contributed by atoms with Crippen LogP contribution in [0.2, 0.25) is 0 Å². The molecular weight excluding hydrogens is 136 g/mol. The Morgan fingerprint density at radius 1 is 1.73 bits per heavy atom. The minimum absolute atomic E-state index is 0.441. The van der Waals surface area contributed by atoms with E-state index >= 15 is 0 Å². The van der Waals surface area contributed by atoms with Crippen LogP contribution >= 0.6 is 0 Å². The van der Waals surface area contributed by atoms with Crippen LogP contribution in [0.4, 0.5) is 0 Å². The van der Waals surface area contributed by atoms with E-state index in [1.807, 2.05) is 12.3 Å². The molecule has 0 spiro atoms. The molecule has 1 aliphatic heterocycles. The van der Waals surface area contributed by atoms with Crippen LogP contribution < -0.4 is 0 Å². The third-order valence-corrected chi connectivity index (χ3v) is 1.64. The molecule has 1 rings (SSSR count). The summed E-state index contributed by atoms with van der Waals surface area (Å²) in [5, 5.41) is 0. The normalized spacial score (nSPS) is 18.2. The Labute approximate surface area is 67.8 Å². The zero-order valence-corrected chi connectivity index (χ0v) is 7.12. The molecule has 0 amide bonds. The van der Waals surface area contributed by atoms with Gasteiger partial charge in [0, 0.05) is 18.5 Å². The van der Waals surface area contributed by atoms with Gasteiger partial charge in [-0.05, 0) is 19.4 Å². The number of hydrogen-bond acceptors (Lipinski definition) is 2. The van der Waals surface area contributed by atoms with Gasteiger partial charge in [-0.25, -0.2) is 0 Å². The lowest BCUT2D eigenvalue weighted by Crippen LogP contribution is -1.99. The lowest BCUT2D eigenvalue weighted by atomic mass is 10.2. The Morgan fingerprint density at radius 2 is 2.45 bits per heavy atom. The van der Waals surface area contributed by atoms with Gasteiger partial charge in [-0.1, -0.05) is 13.3 Å². The first-order valence-corrected chi connectivity index (χ1v) is 4.10. The van der Waals surface area contributed by atoms with E-state index in [2.05, 4.69) is 23.8 Å². The molecular formula is C9H14N2. The zero-order chi connectivity index (χ0) is 8.10. The predicted molar refractivity (Wildman–Crippen MR) is 49.4 cm³/mol. The second-order valence-corrected chi connectivity index (χ2v) is 2.79. The third-order valence-electron chi connectivity index (χ3n) is 1.64. The van der Waals surface area contributed by atoms with Crippen molar-refractivity contribution in [3.63, 3.8) is 0 Å². The summed E-state index contributed by atoms with van der Waals surface area (Å²) in [7, 11) is 0. The fourth-order valence-corrected chi connectivity index (χ4v) is 0.933. The second-order valence-electron chi connectivity index (χ2n) is 2.79. The molecule has 0 aromatic carbocycles. The van der Waals surface area contributed by atoms with Gasteiger partial charge in [-0.2, -0.15) is 0 Å². The van der Waals surface area contributed by atoms with Gasteiger partial charge in [0.2, 0.25) is 0 Å². The van der Waals surface area contributed by atoms with E-state index < -0.39 is 0 Å². The monoisotopic (exact) mass is 150 g/mol. The number of hydrogen-bond donors (Lipinski definition) is 0. The van der Waals surface area contributed by atoms with Crippen molar-refractivity contribution in [2.75, 3.05) is 0 Å². The van der Waals surface area contributed by atoms with Gasteiger partial charge >= 0.3 is 0 Å². The molecule has 1 atom stereocenters.